The number of nitrogens with zero attached hydrogens (tertiary/aromatic N) is 3. The number of halogens is 1. The van der Waals surface area contributed by atoms with Gasteiger partial charge in [-0.2, -0.15) is 5.10 Å². The van der Waals surface area contributed by atoms with Crippen LogP contribution < -0.4 is 15.4 Å². The number of rotatable bonds is 7. The second-order valence-electron chi connectivity index (χ2n) is 6.74. The number of hydrogen-bond donors (Lipinski definition) is 2. The highest BCUT2D eigenvalue weighted by molar-refractivity contribution is 5.88. The number of hydrogen-bond acceptors (Lipinski definition) is 5. The molecule has 2 N–H and O–H groups in total. The zero-order chi connectivity index (χ0) is 20.1. The average molecular weight is 389 g/mol. The second kappa shape index (κ2) is 8.83. The van der Waals surface area contributed by atoms with Gasteiger partial charge in [0.25, 0.3) is 0 Å². The van der Waals surface area contributed by atoms with Crippen LogP contribution in [0.1, 0.15) is 17.5 Å². The van der Waals surface area contributed by atoms with Gasteiger partial charge in [-0.15, -0.1) is 0 Å². The van der Waals surface area contributed by atoms with Crippen molar-refractivity contribution in [3.63, 3.8) is 0 Å². The molecule has 9 heteroatoms. The summed E-state index contributed by atoms with van der Waals surface area (Å²) in [5.74, 6) is -0.433. The van der Waals surface area contributed by atoms with Crippen molar-refractivity contribution in [2.75, 3.05) is 20.2 Å². The van der Waals surface area contributed by atoms with E-state index < -0.39 is 11.9 Å². The Morgan fingerprint density at radius 1 is 1.46 bits per heavy atom. The summed E-state index contributed by atoms with van der Waals surface area (Å²) in [6, 6.07) is 3.98. The van der Waals surface area contributed by atoms with Gasteiger partial charge >= 0.3 is 0 Å². The molecule has 1 saturated heterocycles. The molecule has 150 valence electrons. The molecule has 2 amide bonds. The van der Waals surface area contributed by atoms with Crippen molar-refractivity contribution in [1.29, 1.82) is 0 Å². The summed E-state index contributed by atoms with van der Waals surface area (Å²) in [6.45, 7) is 1.58. The summed E-state index contributed by atoms with van der Waals surface area (Å²) in [7, 11) is 3.28. The summed E-state index contributed by atoms with van der Waals surface area (Å²) in [5.41, 5.74) is 1.33. The van der Waals surface area contributed by atoms with E-state index in [1.54, 1.807) is 30.1 Å². The van der Waals surface area contributed by atoms with Crippen LogP contribution in [0.2, 0.25) is 0 Å². The number of carbonyl (C=O) groups excluding carboxylic acids is 2. The first-order chi connectivity index (χ1) is 13.5. The number of nitrogens with one attached hydrogen (secondary N) is 2. The van der Waals surface area contributed by atoms with Crippen molar-refractivity contribution >= 4 is 11.8 Å². The molecule has 8 nitrogen and oxygen atoms in total. The van der Waals surface area contributed by atoms with E-state index in [2.05, 4.69) is 15.7 Å². The third-order valence-electron chi connectivity index (χ3n) is 4.70. The molecule has 3 rings (SSSR count). The highest BCUT2D eigenvalue weighted by atomic mass is 19.1. The van der Waals surface area contributed by atoms with Crippen molar-refractivity contribution in [1.82, 2.24) is 25.3 Å². The van der Waals surface area contributed by atoms with E-state index in [0.29, 0.717) is 30.9 Å². The van der Waals surface area contributed by atoms with Crippen LogP contribution in [-0.4, -0.2) is 52.7 Å². The van der Waals surface area contributed by atoms with E-state index in [0.717, 1.165) is 5.56 Å². The molecular weight excluding hydrogens is 365 g/mol. The lowest BCUT2D eigenvalue weighted by Crippen LogP contribution is -2.56. The molecule has 0 saturated carbocycles. The summed E-state index contributed by atoms with van der Waals surface area (Å²) in [4.78, 5) is 26.5. The SMILES string of the molecule is COc1ccc(CN2CCNC(=O)C2CC(=O)NCc2cnn(C)c2)c(F)c1. The van der Waals surface area contributed by atoms with E-state index in [1.807, 2.05) is 11.1 Å². The molecule has 1 atom stereocenters. The molecule has 1 aromatic carbocycles. The molecule has 0 aliphatic carbocycles. The smallest absolute Gasteiger partial charge is 0.237 e. The molecule has 1 aromatic heterocycles. The first-order valence-corrected chi connectivity index (χ1v) is 9.04. The van der Waals surface area contributed by atoms with Gasteiger partial charge in [-0.05, 0) is 6.07 Å². The van der Waals surface area contributed by atoms with Crippen molar-refractivity contribution < 1.29 is 18.7 Å². The van der Waals surface area contributed by atoms with E-state index in [9.17, 15) is 14.0 Å². The van der Waals surface area contributed by atoms with Gasteiger partial charge in [-0.25, -0.2) is 4.39 Å². The fraction of sp³-hybridized carbons (Fsp3) is 0.421. The zero-order valence-corrected chi connectivity index (χ0v) is 15.9. The quantitative estimate of drug-likeness (QED) is 0.723. The summed E-state index contributed by atoms with van der Waals surface area (Å²) in [6.07, 6.45) is 3.49. The van der Waals surface area contributed by atoms with Crippen molar-refractivity contribution in [3.8, 4) is 5.75 Å². The maximum absolute atomic E-state index is 14.3. The van der Waals surface area contributed by atoms with Crippen LogP contribution in [0.4, 0.5) is 4.39 Å². The lowest BCUT2D eigenvalue weighted by atomic mass is 10.1. The Hall–Kier alpha value is -2.94. The standard InChI is InChI=1S/C19H24FN5O3/c1-24-11-13(10-23-24)9-22-18(26)8-17-19(27)21-5-6-25(17)12-14-3-4-15(28-2)7-16(14)20/h3-4,7,10-11,17H,5-6,8-9,12H2,1-2H3,(H,21,27)(H,22,26). The van der Waals surface area contributed by atoms with Gasteiger partial charge in [0.05, 0.1) is 25.8 Å². The van der Waals surface area contributed by atoms with Crippen molar-refractivity contribution in [3.05, 3.63) is 47.5 Å². The highest BCUT2D eigenvalue weighted by Crippen LogP contribution is 2.20. The Labute approximate surface area is 162 Å². The molecule has 1 unspecified atom stereocenters. The molecule has 1 aliphatic heterocycles. The van der Waals surface area contributed by atoms with Crippen LogP contribution in [0, 0.1) is 5.82 Å². The van der Waals surface area contributed by atoms with Crippen LogP contribution >= 0.6 is 0 Å². The molecule has 1 fully saturated rings. The monoisotopic (exact) mass is 389 g/mol. The Morgan fingerprint density at radius 2 is 2.29 bits per heavy atom. The third-order valence-corrected chi connectivity index (χ3v) is 4.70. The number of amides is 2. The minimum absolute atomic E-state index is 0.00384. The number of benzene rings is 1. The average Bonchev–Trinajstić information content (AvgIpc) is 3.09. The third kappa shape index (κ3) is 4.86. The van der Waals surface area contributed by atoms with Gasteiger partial charge in [0.2, 0.25) is 11.8 Å². The van der Waals surface area contributed by atoms with Crippen LogP contribution in [0.15, 0.2) is 30.6 Å². The highest BCUT2D eigenvalue weighted by Gasteiger charge is 2.32. The number of piperazine rings is 1. The topological polar surface area (TPSA) is 88.5 Å². The summed E-state index contributed by atoms with van der Waals surface area (Å²) >= 11 is 0. The van der Waals surface area contributed by atoms with Crippen molar-refractivity contribution in [2.45, 2.75) is 25.6 Å². The van der Waals surface area contributed by atoms with Crippen LogP contribution in [0.3, 0.4) is 0 Å². The van der Waals surface area contributed by atoms with Crippen molar-refractivity contribution in [2.24, 2.45) is 7.05 Å². The van der Waals surface area contributed by atoms with Gasteiger partial charge in [-0.3, -0.25) is 19.2 Å². The van der Waals surface area contributed by atoms with E-state index in [4.69, 9.17) is 4.74 Å². The first kappa shape index (κ1) is 19.8. The van der Waals surface area contributed by atoms with Gasteiger partial charge in [0, 0.05) is 56.6 Å². The summed E-state index contributed by atoms with van der Waals surface area (Å²) in [5, 5.41) is 9.63. The lowest BCUT2D eigenvalue weighted by molar-refractivity contribution is -0.134. The predicted molar refractivity (Wildman–Crippen MR) is 99.8 cm³/mol. The molecular formula is C19H24FN5O3. The Balaban J connectivity index is 1.63. The number of methoxy groups -OCH3 is 1. The van der Waals surface area contributed by atoms with Gasteiger partial charge in [0.1, 0.15) is 11.6 Å². The Kier molecular flexibility index (Phi) is 6.25. The Bertz CT molecular complexity index is 854. The zero-order valence-electron chi connectivity index (χ0n) is 15.9. The Morgan fingerprint density at radius 3 is 2.96 bits per heavy atom. The first-order valence-electron chi connectivity index (χ1n) is 9.04. The van der Waals surface area contributed by atoms with Crippen LogP contribution in [-0.2, 0) is 29.7 Å². The van der Waals surface area contributed by atoms with Gasteiger partial charge < -0.3 is 15.4 Å². The molecule has 2 aromatic rings. The number of carbonyl (C=O) groups is 2. The van der Waals surface area contributed by atoms with Gasteiger partial charge in [0.15, 0.2) is 0 Å². The molecule has 2 heterocycles. The predicted octanol–water partition coefficient (Wildman–Crippen LogP) is 0.575. The van der Waals surface area contributed by atoms with E-state index >= 15 is 0 Å². The van der Waals surface area contributed by atoms with E-state index in [1.165, 1.54) is 13.2 Å². The van der Waals surface area contributed by atoms with Crippen LogP contribution in [0.5, 0.6) is 5.75 Å². The summed E-state index contributed by atoms with van der Waals surface area (Å²) < 4.78 is 21.0. The minimum atomic E-state index is -0.649. The van der Waals surface area contributed by atoms with E-state index in [-0.39, 0.29) is 24.8 Å². The maximum Gasteiger partial charge on any atom is 0.237 e. The molecule has 28 heavy (non-hydrogen) atoms. The lowest BCUT2D eigenvalue weighted by Gasteiger charge is -2.34. The number of ether oxygens (including phenoxy) is 1. The fourth-order valence-corrected chi connectivity index (χ4v) is 3.19. The van der Waals surface area contributed by atoms with Crippen LogP contribution in [0.25, 0.3) is 0 Å². The number of aryl methyl sites for hydroxylation is 1. The van der Waals surface area contributed by atoms with Gasteiger partial charge in [-0.1, -0.05) is 6.07 Å². The molecule has 0 radical (unpaired) electrons. The normalized spacial score (nSPS) is 17.2. The molecule has 0 spiro atoms. The fourth-order valence-electron chi connectivity index (χ4n) is 3.19. The number of aromatic nitrogens is 2. The maximum atomic E-state index is 14.3. The molecule has 0 bridgehead atoms. The molecule has 1 aliphatic rings. The second-order valence-corrected chi connectivity index (χ2v) is 6.74. The largest absolute Gasteiger partial charge is 0.497 e. The minimum Gasteiger partial charge on any atom is -0.497 e.